The van der Waals surface area contributed by atoms with Crippen molar-refractivity contribution in [1.82, 2.24) is 0 Å². The molecular formula is C10H19ClO. The van der Waals surface area contributed by atoms with Gasteiger partial charge in [0.2, 0.25) is 0 Å². The Labute approximate surface area is 80.4 Å². The highest BCUT2D eigenvalue weighted by Crippen LogP contribution is 2.32. The van der Waals surface area contributed by atoms with Crippen molar-refractivity contribution in [3.05, 3.63) is 0 Å². The lowest BCUT2D eigenvalue weighted by Crippen LogP contribution is -2.24. The van der Waals surface area contributed by atoms with Gasteiger partial charge in [-0.05, 0) is 31.1 Å². The molecule has 1 saturated heterocycles. The van der Waals surface area contributed by atoms with Crippen molar-refractivity contribution in [2.24, 2.45) is 5.41 Å². The van der Waals surface area contributed by atoms with E-state index in [2.05, 4.69) is 13.8 Å². The van der Waals surface area contributed by atoms with E-state index in [9.17, 15) is 0 Å². The summed E-state index contributed by atoms with van der Waals surface area (Å²) in [5.41, 5.74) is 0.288. The summed E-state index contributed by atoms with van der Waals surface area (Å²) < 4.78 is 5.59. The van der Waals surface area contributed by atoms with Crippen molar-refractivity contribution in [3.8, 4) is 0 Å². The van der Waals surface area contributed by atoms with Crippen LogP contribution in [-0.2, 0) is 4.74 Å². The molecule has 1 fully saturated rings. The first-order chi connectivity index (χ1) is 5.70. The summed E-state index contributed by atoms with van der Waals surface area (Å²) in [6.07, 6.45) is 5.22. The molecule has 0 N–H and O–H groups in total. The van der Waals surface area contributed by atoms with Crippen molar-refractivity contribution in [2.45, 2.75) is 45.6 Å². The van der Waals surface area contributed by atoms with Crippen LogP contribution >= 0.6 is 11.6 Å². The van der Waals surface area contributed by atoms with Crippen LogP contribution in [0.2, 0.25) is 0 Å². The lowest BCUT2D eigenvalue weighted by Gasteiger charge is -2.28. The molecule has 72 valence electrons. The summed E-state index contributed by atoms with van der Waals surface area (Å²) in [5, 5.41) is 0. The largest absolute Gasteiger partial charge is 0.378 e. The van der Waals surface area contributed by atoms with Gasteiger partial charge in [0.05, 0.1) is 6.10 Å². The summed E-state index contributed by atoms with van der Waals surface area (Å²) in [4.78, 5) is 0. The molecule has 0 bridgehead atoms. The third-order valence-electron chi connectivity index (χ3n) is 2.92. The van der Waals surface area contributed by atoms with Crippen molar-refractivity contribution >= 4 is 11.6 Å². The second kappa shape index (κ2) is 4.48. The van der Waals surface area contributed by atoms with Gasteiger partial charge in [-0.2, -0.15) is 0 Å². The normalized spacial score (nSPS) is 28.8. The van der Waals surface area contributed by atoms with Gasteiger partial charge in [-0.15, -0.1) is 11.6 Å². The van der Waals surface area contributed by atoms with Crippen molar-refractivity contribution in [3.63, 3.8) is 0 Å². The van der Waals surface area contributed by atoms with Gasteiger partial charge in [0.15, 0.2) is 0 Å². The number of ether oxygens (including phenoxy) is 1. The molecular weight excluding hydrogens is 172 g/mol. The Kier molecular flexibility index (Phi) is 3.85. The number of halogens is 1. The second-order valence-electron chi connectivity index (χ2n) is 4.14. The summed E-state index contributed by atoms with van der Waals surface area (Å²) in [7, 11) is 0. The number of hydrogen-bond donors (Lipinski definition) is 0. The van der Waals surface area contributed by atoms with E-state index < -0.39 is 0 Å². The molecule has 0 saturated carbocycles. The first-order valence-electron chi connectivity index (χ1n) is 4.88. The second-order valence-corrected chi connectivity index (χ2v) is 4.40. The summed E-state index contributed by atoms with van der Waals surface area (Å²) >= 11 is 5.93. The minimum Gasteiger partial charge on any atom is -0.378 e. The van der Waals surface area contributed by atoms with Gasteiger partial charge < -0.3 is 4.74 Å². The zero-order valence-corrected chi connectivity index (χ0v) is 8.86. The smallest absolute Gasteiger partial charge is 0.0581 e. The molecule has 0 spiro atoms. The molecule has 0 radical (unpaired) electrons. The van der Waals surface area contributed by atoms with Crippen LogP contribution in [0.3, 0.4) is 0 Å². The standard InChI is InChI=1S/C10H19ClO/c1-3-10(2,8-11)7-9-5-4-6-12-9/h9H,3-8H2,1-2H3. The van der Waals surface area contributed by atoms with Crippen molar-refractivity contribution in [2.75, 3.05) is 12.5 Å². The highest BCUT2D eigenvalue weighted by atomic mass is 35.5. The monoisotopic (exact) mass is 190 g/mol. The summed E-state index contributed by atoms with van der Waals surface area (Å²) in [6.45, 7) is 5.41. The molecule has 1 rings (SSSR count). The van der Waals surface area contributed by atoms with Crippen LogP contribution in [0.5, 0.6) is 0 Å². The molecule has 2 unspecified atom stereocenters. The molecule has 0 aromatic rings. The number of rotatable bonds is 4. The quantitative estimate of drug-likeness (QED) is 0.619. The van der Waals surface area contributed by atoms with E-state index in [0.717, 1.165) is 25.3 Å². The maximum absolute atomic E-state index is 5.93. The topological polar surface area (TPSA) is 9.23 Å². The highest BCUT2D eigenvalue weighted by molar-refractivity contribution is 6.18. The molecule has 0 aromatic carbocycles. The zero-order valence-electron chi connectivity index (χ0n) is 8.11. The van der Waals surface area contributed by atoms with Crippen LogP contribution in [0, 0.1) is 5.41 Å². The minimum atomic E-state index is 0.288. The predicted octanol–water partition coefficient (Wildman–Crippen LogP) is 3.21. The Morgan fingerprint density at radius 1 is 1.58 bits per heavy atom. The van der Waals surface area contributed by atoms with E-state index in [1.165, 1.54) is 12.8 Å². The van der Waals surface area contributed by atoms with Crippen molar-refractivity contribution in [1.29, 1.82) is 0 Å². The Bertz CT molecular complexity index is 126. The van der Waals surface area contributed by atoms with Gasteiger partial charge >= 0.3 is 0 Å². The number of alkyl halides is 1. The molecule has 0 aliphatic carbocycles. The van der Waals surface area contributed by atoms with Gasteiger partial charge in [0, 0.05) is 12.5 Å². The maximum atomic E-state index is 5.93. The Hall–Kier alpha value is 0.250. The maximum Gasteiger partial charge on any atom is 0.0581 e. The first kappa shape index (κ1) is 10.3. The average Bonchev–Trinajstić information content (AvgIpc) is 2.57. The number of hydrogen-bond acceptors (Lipinski definition) is 1. The van der Waals surface area contributed by atoms with E-state index in [-0.39, 0.29) is 5.41 Å². The van der Waals surface area contributed by atoms with E-state index in [0.29, 0.717) is 6.10 Å². The van der Waals surface area contributed by atoms with E-state index in [1.807, 2.05) is 0 Å². The molecule has 1 aliphatic rings. The van der Waals surface area contributed by atoms with Crippen LogP contribution < -0.4 is 0 Å². The van der Waals surface area contributed by atoms with Crippen LogP contribution in [0.1, 0.15) is 39.5 Å². The van der Waals surface area contributed by atoms with E-state index in [4.69, 9.17) is 16.3 Å². The predicted molar refractivity (Wildman–Crippen MR) is 52.7 cm³/mol. The lowest BCUT2D eigenvalue weighted by atomic mass is 9.83. The molecule has 12 heavy (non-hydrogen) atoms. The van der Waals surface area contributed by atoms with Crippen molar-refractivity contribution < 1.29 is 4.74 Å². The summed E-state index contributed by atoms with van der Waals surface area (Å²) in [6, 6.07) is 0. The SMILES string of the molecule is CCC(C)(CCl)CC1CCCO1. The molecule has 0 amide bonds. The van der Waals surface area contributed by atoms with E-state index in [1.54, 1.807) is 0 Å². The van der Waals surface area contributed by atoms with Crippen LogP contribution in [0.15, 0.2) is 0 Å². The van der Waals surface area contributed by atoms with Gasteiger partial charge in [-0.3, -0.25) is 0 Å². The third-order valence-corrected chi connectivity index (χ3v) is 3.57. The van der Waals surface area contributed by atoms with Gasteiger partial charge in [-0.1, -0.05) is 13.8 Å². The summed E-state index contributed by atoms with van der Waals surface area (Å²) in [5.74, 6) is 0.753. The Morgan fingerprint density at radius 2 is 2.33 bits per heavy atom. The first-order valence-corrected chi connectivity index (χ1v) is 5.41. The van der Waals surface area contributed by atoms with Gasteiger partial charge in [-0.25, -0.2) is 0 Å². The fourth-order valence-electron chi connectivity index (χ4n) is 1.65. The Balaban J connectivity index is 2.35. The third kappa shape index (κ3) is 2.63. The highest BCUT2D eigenvalue weighted by Gasteiger charge is 2.27. The minimum absolute atomic E-state index is 0.288. The van der Waals surface area contributed by atoms with E-state index >= 15 is 0 Å². The molecule has 1 nitrogen and oxygen atoms in total. The van der Waals surface area contributed by atoms with Crippen LogP contribution in [0.25, 0.3) is 0 Å². The fourth-order valence-corrected chi connectivity index (χ4v) is 1.95. The van der Waals surface area contributed by atoms with Gasteiger partial charge in [0.1, 0.15) is 0 Å². The molecule has 2 heteroatoms. The van der Waals surface area contributed by atoms with Crippen LogP contribution in [0.4, 0.5) is 0 Å². The average molecular weight is 191 g/mol. The molecule has 1 aliphatic heterocycles. The van der Waals surface area contributed by atoms with Gasteiger partial charge in [0.25, 0.3) is 0 Å². The lowest BCUT2D eigenvalue weighted by molar-refractivity contribution is 0.0713. The molecule has 0 aromatic heterocycles. The Morgan fingerprint density at radius 3 is 2.75 bits per heavy atom. The zero-order chi connectivity index (χ0) is 9.03. The van der Waals surface area contributed by atoms with Crippen LogP contribution in [-0.4, -0.2) is 18.6 Å². The molecule has 1 heterocycles. The fraction of sp³-hybridized carbons (Fsp3) is 1.00. The molecule has 2 atom stereocenters.